The molecule has 3 heterocycles. The molecule has 31 heavy (non-hydrogen) atoms. The molecule has 10 heteroatoms. The molecule has 1 aromatic carbocycles. The molecule has 1 amide bonds. The van der Waals surface area contributed by atoms with Crippen LogP contribution in [0.4, 0.5) is 13.2 Å². The van der Waals surface area contributed by atoms with Gasteiger partial charge in [0.25, 0.3) is 5.91 Å². The summed E-state index contributed by atoms with van der Waals surface area (Å²) in [7, 11) is 0. The van der Waals surface area contributed by atoms with E-state index in [0.29, 0.717) is 42.9 Å². The fraction of sp³-hybridized carbons (Fsp3) is 0.524. The van der Waals surface area contributed by atoms with Gasteiger partial charge >= 0.3 is 6.18 Å². The summed E-state index contributed by atoms with van der Waals surface area (Å²) in [6.45, 7) is 2.51. The molecule has 0 aliphatic carbocycles. The molecule has 2 aliphatic heterocycles. The third kappa shape index (κ3) is 4.48. The van der Waals surface area contributed by atoms with Crippen LogP contribution in [0.15, 0.2) is 29.6 Å². The van der Waals surface area contributed by atoms with Crippen molar-refractivity contribution in [1.29, 1.82) is 0 Å². The number of aliphatic hydroxyl groups is 2. The molecule has 2 N–H and O–H groups in total. The number of aromatic nitrogens is 1. The van der Waals surface area contributed by atoms with Crippen molar-refractivity contribution in [3.63, 3.8) is 0 Å². The number of likely N-dealkylation sites (tertiary alicyclic amines) is 1. The van der Waals surface area contributed by atoms with Gasteiger partial charge in [0.1, 0.15) is 16.8 Å². The molecule has 0 saturated carbocycles. The molecular formula is C21H23F3N2O4S. The van der Waals surface area contributed by atoms with Crippen molar-refractivity contribution in [3.8, 4) is 10.6 Å². The van der Waals surface area contributed by atoms with Crippen molar-refractivity contribution in [2.45, 2.75) is 49.7 Å². The number of benzene rings is 1. The molecule has 0 radical (unpaired) electrons. The predicted molar refractivity (Wildman–Crippen MR) is 108 cm³/mol. The van der Waals surface area contributed by atoms with Crippen molar-refractivity contribution >= 4 is 17.2 Å². The highest BCUT2D eigenvalue weighted by molar-refractivity contribution is 7.13. The number of amides is 1. The van der Waals surface area contributed by atoms with Crippen LogP contribution in [0, 0.1) is 0 Å². The number of hydrogen-bond acceptors (Lipinski definition) is 6. The van der Waals surface area contributed by atoms with Crippen molar-refractivity contribution in [2.75, 3.05) is 19.7 Å². The largest absolute Gasteiger partial charge is 0.416 e. The second-order valence-electron chi connectivity index (χ2n) is 8.45. The highest BCUT2D eigenvalue weighted by Gasteiger charge is 2.49. The minimum absolute atomic E-state index is 0.0590. The second kappa shape index (κ2) is 7.84. The summed E-state index contributed by atoms with van der Waals surface area (Å²) in [5.41, 5.74) is -1.75. The molecule has 6 nitrogen and oxygen atoms in total. The number of carbonyl (C=O) groups is 1. The summed E-state index contributed by atoms with van der Waals surface area (Å²) >= 11 is 1.20. The van der Waals surface area contributed by atoms with Crippen molar-refractivity contribution < 1.29 is 32.9 Å². The smallest absolute Gasteiger partial charge is 0.388 e. The summed E-state index contributed by atoms with van der Waals surface area (Å²) in [5.74, 6) is -0.244. The van der Waals surface area contributed by atoms with Crippen LogP contribution in [-0.2, 0) is 10.9 Å². The zero-order chi connectivity index (χ0) is 22.4. The number of halogens is 3. The summed E-state index contributed by atoms with van der Waals surface area (Å²) in [6, 6.07) is 4.69. The summed E-state index contributed by atoms with van der Waals surface area (Å²) in [4.78, 5) is 18.9. The quantitative estimate of drug-likeness (QED) is 0.725. The van der Waals surface area contributed by atoms with Crippen LogP contribution in [0.5, 0.6) is 0 Å². The number of rotatable bonds is 2. The topological polar surface area (TPSA) is 82.9 Å². The van der Waals surface area contributed by atoms with Gasteiger partial charge in [0, 0.05) is 30.5 Å². The maximum atomic E-state index is 12.9. The number of alkyl halides is 3. The molecule has 2 atom stereocenters. The third-order valence-electron chi connectivity index (χ3n) is 6.09. The van der Waals surface area contributed by atoms with Gasteiger partial charge in [-0.05, 0) is 31.9 Å². The van der Waals surface area contributed by atoms with Gasteiger partial charge in [-0.3, -0.25) is 4.79 Å². The van der Waals surface area contributed by atoms with Crippen molar-refractivity contribution in [3.05, 3.63) is 40.9 Å². The van der Waals surface area contributed by atoms with Gasteiger partial charge in [0.15, 0.2) is 0 Å². The first-order valence-electron chi connectivity index (χ1n) is 9.96. The van der Waals surface area contributed by atoms with Crippen molar-refractivity contribution in [1.82, 2.24) is 9.88 Å². The first kappa shape index (κ1) is 22.2. The van der Waals surface area contributed by atoms with Crippen LogP contribution >= 0.6 is 11.3 Å². The Morgan fingerprint density at radius 2 is 1.90 bits per heavy atom. The van der Waals surface area contributed by atoms with Crippen LogP contribution in [0.3, 0.4) is 0 Å². The molecular weight excluding hydrogens is 433 g/mol. The first-order chi connectivity index (χ1) is 14.5. The molecule has 1 spiro atoms. The van der Waals surface area contributed by atoms with Gasteiger partial charge in [0.05, 0.1) is 23.4 Å². The number of nitrogens with zero attached hydrogens (tertiary/aromatic N) is 2. The third-order valence-corrected chi connectivity index (χ3v) is 6.98. The van der Waals surface area contributed by atoms with Crippen LogP contribution in [0.1, 0.15) is 42.2 Å². The molecule has 1 aromatic heterocycles. The number of hydrogen-bond donors (Lipinski definition) is 2. The lowest BCUT2D eigenvalue weighted by Gasteiger charge is -2.49. The molecule has 0 unspecified atom stereocenters. The Balaban J connectivity index is 1.41. The lowest BCUT2D eigenvalue weighted by Crippen LogP contribution is -2.59. The number of piperidine rings is 1. The Morgan fingerprint density at radius 3 is 2.48 bits per heavy atom. The monoisotopic (exact) mass is 456 g/mol. The number of thiazole rings is 1. The van der Waals surface area contributed by atoms with Gasteiger partial charge in [-0.15, -0.1) is 11.3 Å². The average Bonchev–Trinajstić information content (AvgIpc) is 3.21. The fourth-order valence-electron chi connectivity index (χ4n) is 4.16. The molecule has 2 aromatic rings. The molecule has 168 valence electrons. The van der Waals surface area contributed by atoms with E-state index in [9.17, 15) is 28.2 Å². The lowest BCUT2D eigenvalue weighted by molar-refractivity contribution is -0.221. The summed E-state index contributed by atoms with van der Waals surface area (Å²) in [5, 5.41) is 22.4. The second-order valence-corrected chi connectivity index (χ2v) is 9.31. The zero-order valence-corrected chi connectivity index (χ0v) is 17.7. The van der Waals surface area contributed by atoms with E-state index in [1.165, 1.54) is 23.5 Å². The van der Waals surface area contributed by atoms with Crippen LogP contribution in [0.2, 0.25) is 0 Å². The minimum Gasteiger partial charge on any atom is -0.388 e. The predicted octanol–water partition coefficient (Wildman–Crippen LogP) is 3.34. The van der Waals surface area contributed by atoms with Gasteiger partial charge in [-0.25, -0.2) is 4.98 Å². The normalized spacial score (nSPS) is 26.3. The maximum absolute atomic E-state index is 12.9. The van der Waals surface area contributed by atoms with Gasteiger partial charge < -0.3 is 19.8 Å². The molecule has 0 bridgehead atoms. The Labute approximate surface area is 181 Å². The highest BCUT2D eigenvalue weighted by atomic mass is 32.1. The van der Waals surface area contributed by atoms with E-state index in [4.69, 9.17) is 4.74 Å². The van der Waals surface area contributed by atoms with E-state index < -0.39 is 29.0 Å². The summed E-state index contributed by atoms with van der Waals surface area (Å²) < 4.78 is 44.0. The molecule has 4 rings (SSSR count). The standard InChI is InChI=1S/C21H23F3N2O4S/c1-19(29)12-20(30-10-16(19)27)6-8-26(9-7-20)18(28)15-11-31-17(25-15)13-2-4-14(5-3-13)21(22,23)24/h2-5,11,16,27,29H,6-10,12H2,1H3/t16-,19-/m0/s1. The minimum atomic E-state index is -4.40. The summed E-state index contributed by atoms with van der Waals surface area (Å²) in [6.07, 6.45) is -3.95. The number of carbonyl (C=O) groups excluding carboxylic acids is 1. The molecule has 2 aliphatic rings. The van der Waals surface area contributed by atoms with Gasteiger partial charge in [-0.2, -0.15) is 13.2 Å². The first-order valence-corrected chi connectivity index (χ1v) is 10.8. The molecule has 2 fully saturated rings. The van der Waals surface area contributed by atoms with E-state index in [-0.39, 0.29) is 18.2 Å². The lowest BCUT2D eigenvalue weighted by atomic mass is 9.76. The van der Waals surface area contributed by atoms with Gasteiger partial charge in [0.2, 0.25) is 0 Å². The van der Waals surface area contributed by atoms with E-state index in [0.717, 1.165) is 12.1 Å². The Kier molecular flexibility index (Phi) is 5.61. The Hall–Kier alpha value is -2.01. The zero-order valence-electron chi connectivity index (χ0n) is 16.9. The van der Waals surface area contributed by atoms with E-state index in [2.05, 4.69) is 4.98 Å². The van der Waals surface area contributed by atoms with Gasteiger partial charge in [-0.1, -0.05) is 12.1 Å². The van der Waals surface area contributed by atoms with Crippen LogP contribution < -0.4 is 0 Å². The average molecular weight is 456 g/mol. The van der Waals surface area contributed by atoms with Crippen LogP contribution in [-0.4, -0.2) is 63.0 Å². The highest BCUT2D eigenvalue weighted by Crippen LogP contribution is 2.40. The fourth-order valence-corrected chi connectivity index (χ4v) is 4.96. The van der Waals surface area contributed by atoms with Crippen molar-refractivity contribution in [2.24, 2.45) is 0 Å². The Morgan fingerprint density at radius 1 is 1.26 bits per heavy atom. The number of ether oxygens (including phenoxy) is 1. The van der Waals surface area contributed by atoms with Crippen LogP contribution in [0.25, 0.3) is 10.6 Å². The van der Waals surface area contributed by atoms with E-state index >= 15 is 0 Å². The molecule has 2 saturated heterocycles. The SMILES string of the molecule is C[C@]1(O)CC2(CCN(C(=O)c3csc(-c4ccc(C(F)(F)F)cc4)n3)CC2)OC[C@@H]1O. The number of aliphatic hydroxyl groups excluding tert-OH is 1. The Bertz CT molecular complexity index is 950. The maximum Gasteiger partial charge on any atom is 0.416 e. The van der Waals surface area contributed by atoms with E-state index in [1.54, 1.807) is 17.2 Å². The van der Waals surface area contributed by atoms with E-state index in [1.807, 2.05) is 0 Å².